The summed E-state index contributed by atoms with van der Waals surface area (Å²) in [6.07, 6.45) is 0.586. The number of benzene rings is 1. The molecule has 1 saturated carbocycles. The molecule has 1 aliphatic heterocycles. The van der Waals surface area contributed by atoms with E-state index in [1.807, 2.05) is 24.3 Å². The first-order valence-corrected chi connectivity index (χ1v) is 9.93. The summed E-state index contributed by atoms with van der Waals surface area (Å²) in [5.41, 5.74) is 0.347. The van der Waals surface area contributed by atoms with Crippen LogP contribution in [0.25, 0.3) is 0 Å². The van der Waals surface area contributed by atoms with Gasteiger partial charge in [0.15, 0.2) is 0 Å². The van der Waals surface area contributed by atoms with Crippen molar-refractivity contribution in [1.29, 1.82) is 0 Å². The number of carbonyl (C=O) groups is 1. The third kappa shape index (κ3) is 4.99. The monoisotopic (exact) mass is 399 g/mol. The summed E-state index contributed by atoms with van der Waals surface area (Å²) in [6, 6.07) is 7.58. The molecule has 7 heteroatoms. The minimum absolute atomic E-state index is 0.128. The van der Waals surface area contributed by atoms with E-state index in [0.29, 0.717) is 25.9 Å². The van der Waals surface area contributed by atoms with Crippen molar-refractivity contribution < 1.29 is 27.4 Å². The highest BCUT2D eigenvalue weighted by atomic mass is 19.4. The third-order valence-electron chi connectivity index (χ3n) is 6.05. The maximum atomic E-state index is 13.0. The molecule has 0 bridgehead atoms. The van der Waals surface area contributed by atoms with Gasteiger partial charge >= 0.3 is 12.1 Å². The molecule has 0 amide bonds. The molecule has 0 aromatic heterocycles. The van der Waals surface area contributed by atoms with Gasteiger partial charge in [-0.3, -0.25) is 9.69 Å². The average Bonchev–Trinajstić information content (AvgIpc) is 3.17. The lowest BCUT2D eigenvalue weighted by atomic mass is 9.79. The molecule has 0 atom stereocenters. The Morgan fingerprint density at radius 1 is 1.14 bits per heavy atom. The molecule has 3 rings (SSSR count). The molecule has 0 spiro atoms. The number of nitrogens with zero attached hydrogens (tertiary/aromatic N) is 1. The summed E-state index contributed by atoms with van der Waals surface area (Å²) in [6.45, 7) is 0.216. The van der Waals surface area contributed by atoms with Crippen molar-refractivity contribution in [3.63, 3.8) is 0 Å². The lowest BCUT2D eigenvalue weighted by molar-refractivity contribution is -0.154. The molecular formula is C21H28F3NO3. The highest BCUT2D eigenvalue weighted by Crippen LogP contribution is 2.42. The first-order chi connectivity index (χ1) is 13.3. The summed E-state index contributed by atoms with van der Waals surface area (Å²) in [5.74, 6) is 0.673. The van der Waals surface area contributed by atoms with Crippen LogP contribution in [-0.2, 0) is 14.9 Å². The number of carbonyl (C=O) groups excluding carboxylic acids is 1. The van der Waals surface area contributed by atoms with E-state index in [9.17, 15) is 18.0 Å². The molecule has 156 valence electrons. The normalized spacial score (nSPS) is 20.9. The van der Waals surface area contributed by atoms with E-state index in [1.165, 1.54) is 4.90 Å². The van der Waals surface area contributed by atoms with E-state index in [0.717, 1.165) is 37.0 Å². The van der Waals surface area contributed by atoms with E-state index < -0.39 is 18.1 Å². The average molecular weight is 399 g/mol. The maximum absolute atomic E-state index is 13.0. The molecule has 0 N–H and O–H groups in total. The third-order valence-corrected chi connectivity index (χ3v) is 6.05. The Balaban J connectivity index is 1.55. The fourth-order valence-electron chi connectivity index (χ4n) is 4.40. The minimum atomic E-state index is -4.16. The summed E-state index contributed by atoms with van der Waals surface area (Å²) in [4.78, 5) is 14.4. The lowest BCUT2D eigenvalue weighted by Crippen LogP contribution is -2.41. The van der Waals surface area contributed by atoms with Gasteiger partial charge in [0.05, 0.1) is 25.7 Å². The maximum Gasteiger partial charge on any atom is 0.401 e. The zero-order valence-corrected chi connectivity index (χ0v) is 16.3. The largest absolute Gasteiger partial charge is 0.497 e. The van der Waals surface area contributed by atoms with Crippen LogP contribution < -0.4 is 4.74 Å². The Labute approximate surface area is 164 Å². The molecular weight excluding hydrogens is 371 g/mol. The summed E-state index contributed by atoms with van der Waals surface area (Å²) < 4.78 is 48.4. The number of ether oxygens (including phenoxy) is 2. The number of hydrogen-bond donors (Lipinski definition) is 0. The molecule has 1 aliphatic carbocycles. The highest BCUT2D eigenvalue weighted by Gasteiger charge is 2.44. The molecule has 1 saturated heterocycles. The van der Waals surface area contributed by atoms with Gasteiger partial charge in [-0.05, 0) is 62.4 Å². The molecule has 0 radical (unpaired) electrons. The molecule has 2 aliphatic rings. The number of halogens is 3. The summed E-state index contributed by atoms with van der Waals surface area (Å²) in [5, 5.41) is 0. The number of methoxy groups -OCH3 is 1. The number of esters is 1. The summed E-state index contributed by atoms with van der Waals surface area (Å²) in [7, 11) is 1.61. The van der Waals surface area contributed by atoms with Crippen molar-refractivity contribution in [2.45, 2.75) is 50.1 Å². The smallest absolute Gasteiger partial charge is 0.401 e. The zero-order valence-electron chi connectivity index (χ0n) is 16.3. The number of piperidine rings is 1. The minimum Gasteiger partial charge on any atom is -0.497 e. The van der Waals surface area contributed by atoms with Crippen molar-refractivity contribution >= 4 is 5.97 Å². The van der Waals surface area contributed by atoms with Gasteiger partial charge in [0.2, 0.25) is 0 Å². The second kappa shape index (κ2) is 8.72. The topological polar surface area (TPSA) is 38.8 Å². The van der Waals surface area contributed by atoms with Crippen LogP contribution in [0.2, 0.25) is 0 Å². The van der Waals surface area contributed by atoms with Crippen LogP contribution in [0.1, 0.15) is 44.1 Å². The van der Waals surface area contributed by atoms with E-state index in [2.05, 4.69) is 0 Å². The fraction of sp³-hybridized carbons (Fsp3) is 0.667. The van der Waals surface area contributed by atoms with Crippen LogP contribution >= 0.6 is 0 Å². The molecule has 2 fully saturated rings. The SMILES string of the molecule is COc1ccc(C2(C(=O)OCC3CCN(CC(F)(F)F)CC3)CCCC2)cc1. The van der Waals surface area contributed by atoms with Gasteiger partial charge in [-0.1, -0.05) is 25.0 Å². The van der Waals surface area contributed by atoms with E-state index in [4.69, 9.17) is 9.47 Å². The van der Waals surface area contributed by atoms with E-state index >= 15 is 0 Å². The molecule has 1 heterocycles. The van der Waals surface area contributed by atoms with Crippen LogP contribution in [0, 0.1) is 5.92 Å². The van der Waals surface area contributed by atoms with Crippen molar-refractivity contribution in [2.24, 2.45) is 5.92 Å². The second-order valence-corrected chi connectivity index (χ2v) is 7.95. The number of alkyl halides is 3. The molecule has 4 nitrogen and oxygen atoms in total. The van der Waals surface area contributed by atoms with E-state index in [1.54, 1.807) is 7.11 Å². The Hall–Kier alpha value is -1.76. The number of likely N-dealkylation sites (tertiary alicyclic amines) is 1. The van der Waals surface area contributed by atoms with Gasteiger partial charge in [0.25, 0.3) is 0 Å². The van der Waals surface area contributed by atoms with Crippen LogP contribution in [0.5, 0.6) is 5.75 Å². The quantitative estimate of drug-likeness (QED) is 0.668. The van der Waals surface area contributed by atoms with Crippen molar-refractivity contribution in [3.8, 4) is 5.75 Å². The zero-order chi connectivity index (χ0) is 20.2. The first-order valence-electron chi connectivity index (χ1n) is 9.93. The summed E-state index contributed by atoms with van der Waals surface area (Å²) >= 11 is 0. The van der Waals surface area contributed by atoms with Gasteiger partial charge in [-0.2, -0.15) is 13.2 Å². The first kappa shape index (κ1) is 21.0. The van der Waals surface area contributed by atoms with Gasteiger partial charge in [0.1, 0.15) is 5.75 Å². The number of hydrogen-bond acceptors (Lipinski definition) is 4. The van der Waals surface area contributed by atoms with Crippen molar-refractivity contribution in [1.82, 2.24) is 4.90 Å². The van der Waals surface area contributed by atoms with Crippen LogP contribution in [-0.4, -0.2) is 50.4 Å². The van der Waals surface area contributed by atoms with Gasteiger partial charge in [-0.15, -0.1) is 0 Å². The Kier molecular flexibility index (Phi) is 6.53. The molecule has 28 heavy (non-hydrogen) atoms. The molecule has 1 aromatic carbocycles. The van der Waals surface area contributed by atoms with Crippen molar-refractivity contribution in [2.75, 3.05) is 33.4 Å². The van der Waals surface area contributed by atoms with Gasteiger partial charge in [0, 0.05) is 0 Å². The Morgan fingerprint density at radius 2 is 1.75 bits per heavy atom. The predicted octanol–water partition coefficient (Wildman–Crippen LogP) is 4.32. The van der Waals surface area contributed by atoms with E-state index in [-0.39, 0.29) is 18.5 Å². The number of rotatable bonds is 6. The molecule has 0 unspecified atom stereocenters. The van der Waals surface area contributed by atoms with Crippen molar-refractivity contribution in [3.05, 3.63) is 29.8 Å². The predicted molar refractivity (Wildman–Crippen MR) is 99.3 cm³/mol. The Bertz CT molecular complexity index is 646. The Morgan fingerprint density at radius 3 is 2.29 bits per heavy atom. The second-order valence-electron chi connectivity index (χ2n) is 7.95. The molecule has 1 aromatic rings. The van der Waals surface area contributed by atoms with Gasteiger partial charge < -0.3 is 9.47 Å². The van der Waals surface area contributed by atoms with Crippen LogP contribution in [0.3, 0.4) is 0 Å². The standard InChI is InChI=1S/C21H28F3NO3/c1-27-18-6-4-17(5-7-18)20(10-2-3-11-20)19(26)28-14-16-8-12-25(13-9-16)15-21(22,23)24/h4-7,16H,2-3,8-15H2,1H3. The van der Waals surface area contributed by atoms with Gasteiger partial charge in [-0.25, -0.2) is 0 Å². The highest BCUT2D eigenvalue weighted by molar-refractivity contribution is 5.83. The lowest BCUT2D eigenvalue weighted by Gasteiger charge is -2.33. The van der Waals surface area contributed by atoms with Crippen LogP contribution in [0.4, 0.5) is 13.2 Å². The fourth-order valence-corrected chi connectivity index (χ4v) is 4.40. The van der Waals surface area contributed by atoms with Crippen LogP contribution in [0.15, 0.2) is 24.3 Å².